The third kappa shape index (κ3) is 1.58. The van der Waals surface area contributed by atoms with E-state index in [1.807, 2.05) is 12.1 Å². The Morgan fingerprint density at radius 2 is 2.43 bits per heavy atom. The van der Waals surface area contributed by atoms with E-state index < -0.39 is 0 Å². The van der Waals surface area contributed by atoms with Gasteiger partial charge in [-0.25, -0.2) is 9.78 Å². The number of aliphatic imine (C=N–C) groups is 1. The molecule has 0 aliphatic rings. The molecule has 0 saturated heterocycles. The SMILES string of the molecule is CCc1ccc2nc(N=C=O)sc2c1. The normalized spacial score (nSPS) is 10.1. The maximum atomic E-state index is 10.0. The van der Waals surface area contributed by atoms with Crippen LogP contribution >= 0.6 is 11.3 Å². The molecular weight excluding hydrogens is 196 g/mol. The summed E-state index contributed by atoms with van der Waals surface area (Å²) in [6.07, 6.45) is 2.50. The van der Waals surface area contributed by atoms with Gasteiger partial charge in [-0.1, -0.05) is 24.3 Å². The van der Waals surface area contributed by atoms with Crippen LogP contribution in [0.25, 0.3) is 10.2 Å². The number of nitrogens with zero attached hydrogens (tertiary/aromatic N) is 2. The van der Waals surface area contributed by atoms with Crippen molar-refractivity contribution >= 4 is 32.8 Å². The fourth-order valence-electron chi connectivity index (χ4n) is 1.26. The summed E-state index contributed by atoms with van der Waals surface area (Å²) in [5.74, 6) is 0. The van der Waals surface area contributed by atoms with Gasteiger partial charge >= 0.3 is 0 Å². The van der Waals surface area contributed by atoms with Gasteiger partial charge < -0.3 is 0 Å². The standard InChI is InChI=1S/C10H8N2OS/c1-2-7-3-4-8-9(5-7)14-10(12-8)11-6-13/h3-5H,2H2,1H3. The molecule has 0 N–H and O–H groups in total. The third-order valence-corrected chi connectivity index (χ3v) is 2.90. The van der Waals surface area contributed by atoms with Gasteiger partial charge in [0.1, 0.15) is 0 Å². The Morgan fingerprint density at radius 3 is 3.14 bits per heavy atom. The minimum Gasteiger partial charge on any atom is -0.218 e. The van der Waals surface area contributed by atoms with Crippen LogP contribution in [0.3, 0.4) is 0 Å². The second kappa shape index (κ2) is 3.70. The topological polar surface area (TPSA) is 42.3 Å². The first-order chi connectivity index (χ1) is 6.83. The van der Waals surface area contributed by atoms with Gasteiger partial charge in [0.2, 0.25) is 11.2 Å². The van der Waals surface area contributed by atoms with E-state index in [9.17, 15) is 4.79 Å². The molecule has 0 aliphatic heterocycles. The molecule has 0 bridgehead atoms. The first-order valence-corrected chi connectivity index (χ1v) is 5.12. The second-order valence-electron chi connectivity index (χ2n) is 2.86. The zero-order valence-electron chi connectivity index (χ0n) is 7.65. The molecule has 0 amide bonds. The first kappa shape index (κ1) is 9.06. The number of rotatable bonds is 2. The Hall–Kier alpha value is -1.51. The first-order valence-electron chi connectivity index (χ1n) is 4.31. The van der Waals surface area contributed by atoms with Crippen molar-refractivity contribution in [2.45, 2.75) is 13.3 Å². The van der Waals surface area contributed by atoms with Crippen molar-refractivity contribution in [2.24, 2.45) is 4.99 Å². The Balaban J connectivity index is 2.59. The van der Waals surface area contributed by atoms with Gasteiger partial charge in [-0.3, -0.25) is 0 Å². The quantitative estimate of drug-likeness (QED) is 0.557. The zero-order chi connectivity index (χ0) is 9.97. The smallest absolute Gasteiger partial charge is 0.218 e. The van der Waals surface area contributed by atoms with E-state index in [2.05, 4.69) is 23.0 Å². The average Bonchev–Trinajstić information content (AvgIpc) is 2.59. The molecule has 0 fully saturated rings. The fraction of sp³-hybridized carbons (Fsp3) is 0.200. The van der Waals surface area contributed by atoms with E-state index in [0.717, 1.165) is 16.6 Å². The van der Waals surface area contributed by atoms with Gasteiger partial charge in [0.15, 0.2) is 0 Å². The predicted molar refractivity (Wildman–Crippen MR) is 56.8 cm³/mol. The minimum atomic E-state index is 0.475. The molecule has 0 atom stereocenters. The Bertz CT molecular complexity index is 512. The van der Waals surface area contributed by atoms with Crippen molar-refractivity contribution < 1.29 is 4.79 Å². The van der Waals surface area contributed by atoms with Crippen LogP contribution in [-0.2, 0) is 11.2 Å². The van der Waals surface area contributed by atoms with Crippen LogP contribution < -0.4 is 0 Å². The van der Waals surface area contributed by atoms with Crippen LogP contribution in [0.15, 0.2) is 23.2 Å². The van der Waals surface area contributed by atoms with E-state index in [4.69, 9.17) is 0 Å². The summed E-state index contributed by atoms with van der Waals surface area (Å²) in [4.78, 5) is 17.7. The number of aryl methyl sites for hydroxylation is 1. The van der Waals surface area contributed by atoms with Gasteiger partial charge in [0, 0.05) is 0 Å². The summed E-state index contributed by atoms with van der Waals surface area (Å²) in [6.45, 7) is 2.10. The summed E-state index contributed by atoms with van der Waals surface area (Å²) in [5.41, 5.74) is 2.16. The minimum absolute atomic E-state index is 0.475. The van der Waals surface area contributed by atoms with E-state index in [0.29, 0.717) is 5.13 Å². The highest BCUT2D eigenvalue weighted by Crippen LogP contribution is 2.28. The molecular formula is C10H8N2OS. The predicted octanol–water partition coefficient (Wildman–Crippen LogP) is 2.83. The molecule has 1 heterocycles. The second-order valence-corrected chi connectivity index (χ2v) is 3.86. The van der Waals surface area contributed by atoms with Crippen molar-refractivity contribution in [3.05, 3.63) is 23.8 Å². The molecule has 0 radical (unpaired) electrons. The van der Waals surface area contributed by atoms with E-state index in [1.165, 1.54) is 23.0 Å². The van der Waals surface area contributed by atoms with E-state index in [-0.39, 0.29) is 0 Å². The summed E-state index contributed by atoms with van der Waals surface area (Å²) < 4.78 is 1.07. The average molecular weight is 204 g/mol. The van der Waals surface area contributed by atoms with Crippen LogP contribution in [0.1, 0.15) is 12.5 Å². The van der Waals surface area contributed by atoms with Gasteiger partial charge in [-0.15, -0.1) is 4.99 Å². The lowest BCUT2D eigenvalue weighted by Gasteiger charge is -1.93. The molecule has 2 aromatic rings. The lowest BCUT2D eigenvalue weighted by Crippen LogP contribution is -1.77. The Kier molecular flexibility index (Phi) is 2.39. The maximum absolute atomic E-state index is 10.0. The molecule has 14 heavy (non-hydrogen) atoms. The molecule has 70 valence electrons. The van der Waals surface area contributed by atoms with Gasteiger partial charge in [0.25, 0.3) is 0 Å². The van der Waals surface area contributed by atoms with Crippen molar-refractivity contribution in [1.82, 2.24) is 4.98 Å². The lowest BCUT2D eigenvalue weighted by atomic mass is 10.2. The summed E-state index contributed by atoms with van der Waals surface area (Å²) in [7, 11) is 0. The molecule has 0 saturated carbocycles. The van der Waals surface area contributed by atoms with Crippen LogP contribution in [-0.4, -0.2) is 11.1 Å². The monoisotopic (exact) mass is 204 g/mol. The number of benzene rings is 1. The maximum Gasteiger partial charge on any atom is 0.242 e. The molecule has 3 nitrogen and oxygen atoms in total. The van der Waals surface area contributed by atoms with Crippen LogP contribution in [0.5, 0.6) is 0 Å². The molecule has 2 rings (SSSR count). The van der Waals surface area contributed by atoms with Crippen molar-refractivity contribution in [3.63, 3.8) is 0 Å². The Labute approximate surface area is 85.1 Å². The summed E-state index contributed by atoms with van der Waals surface area (Å²) >= 11 is 1.41. The lowest BCUT2D eigenvalue weighted by molar-refractivity contribution is 0.565. The highest BCUT2D eigenvalue weighted by molar-refractivity contribution is 7.22. The van der Waals surface area contributed by atoms with Crippen LogP contribution in [0, 0.1) is 0 Å². The number of hydrogen-bond acceptors (Lipinski definition) is 4. The fourth-order valence-corrected chi connectivity index (χ4v) is 2.12. The molecule has 4 heteroatoms. The van der Waals surface area contributed by atoms with Gasteiger partial charge in [-0.2, -0.15) is 0 Å². The summed E-state index contributed by atoms with van der Waals surface area (Å²) in [5, 5.41) is 0.475. The number of fused-ring (bicyclic) bond motifs is 1. The molecule has 0 aliphatic carbocycles. The Morgan fingerprint density at radius 1 is 1.57 bits per heavy atom. The number of hydrogen-bond donors (Lipinski definition) is 0. The van der Waals surface area contributed by atoms with Gasteiger partial charge in [-0.05, 0) is 24.1 Å². The van der Waals surface area contributed by atoms with Crippen molar-refractivity contribution in [1.29, 1.82) is 0 Å². The van der Waals surface area contributed by atoms with E-state index >= 15 is 0 Å². The van der Waals surface area contributed by atoms with Crippen LogP contribution in [0.4, 0.5) is 5.13 Å². The van der Waals surface area contributed by atoms with E-state index in [1.54, 1.807) is 0 Å². The number of isocyanates is 1. The largest absolute Gasteiger partial charge is 0.242 e. The number of thiazole rings is 1. The number of aromatic nitrogens is 1. The van der Waals surface area contributed by atoms with Crippen molar-refractivity contribution in [2.75, 3.05) is 0 Å². The zero-order valence-corrected chi connectivity index (χ0v) is 8.47. The highest BCUT2D eigenvalue weighted by Gasteiger charge is 2.02. The molecule has 0 unspecified atom stereocenters. The van der Waals surface area contributed by atoms with Crippen molar-refractivity contribution in [3.8, 4) is 0 Å². The van der Waals surface area contributed by atoms with Crippen LogP contribution in [0.2, 0.25) is 0 Å². The van der Waals surface area contributed by atoms with Gasteiger partial charge in [0.05, 0.1) is 10.2 Å². The molecule has 1 aromatic carbocycles. The summed E-state index contributed by atoms with van der Waals surface area (Å²) in [6, 6.07) is 6.07. The molecule has 1 aromatic heterocycles. The highest BCUT2D eigenvalue weighted by atomic mass is 32.1. The number of carbonyl (C=O) groups excluding carboxylic acids is 1. The molecule has 0 spiro atoms. The third-order valence-electron chi connectivity index (χ3n) is 1.99.